The summed E-state index contributed by atoms with van der Waals surface area (Å²) in [5.41, 5.74) is 2.56. The number of nitrogens with zero attached hydrogens (tertiary/aromatic N) is 3. The first-order chi connectivity index (χ1) is 12.2. The number of rotatable bonds is 3. The van der Waals surface area contributed by atoms with Crippen LogP contribution in [0.4, 0.5) is 5.69 Å². The van der Waals surface area contributed by atoms with Crippen molar-refractivity contribution >= 4 is 17.6 Å². The standard InChI is InChI=1S/C18H14N4O3/c23-17(16-11-12-5-1-2-6-13(12)18(24)25-16)20-14-7-3-4-8-15(14)22-10-9-19-21-22/h1-10,16H,11H2,(H,20,23)/t16-/m0/s1. The molecule has 2 aromatic carbocycles. The average molecular weight is 334 g/mol. The molecule has 0 unspecified atom stereocenters. The quantitative estimate of drug-likeness (QED) is 0.740. The number of amides is 1. The number of fused-ring (bicyclic) bond motifs is 1. The lowest BCUT2D eigenvalue weighted by Crippen LogP contribution is -2.38. The third-order valence-corrected chi connectivity index (χ3v) is 4.02. The van der Waals surface area contributed by atoms with E-state index >= 15 is 0 Å². The average Bonchev–Trinajstić information content (AvgIpc) is 3.16. The van der Waals surface area contributed by atoms with E-state index in [2.05, 4.69) is 15.6 Å². The van der Waals surface area contributed by atoms with Gasteiger partial charge in [0.25, 0.3) is 5.91 Å². The summed E-state index contributed by atoms with van der Waals surface area (Å²) in [5, 5.41) is 10.5. The highest BCUT2D eigenvalue weighted by atomic mass is 16.5. The number of hydrogen-bond acceptors (Lipinski definition) is 5. The van der Waals surface area contributed by atoms with Crippen molar-refractivity contribution in [2.24, 2.45) is 0 Å². The lowest BCUT2D eigenvalue weighted by molar-refractivity contribution is -0.125. The van der Waals surface area contributed by atoms with E-state index in [1.807, 2.05) is 24.3 Å². The van der Waals surface area contributed by atoms with Crippen LogP contribution >= 0.6 is 0 Å². The Balaban J connectivity index is 1.57. The van der Waals surface area contributed by atoms with Gasteiger partial charge < -0.3 is 10.1 Å². The van der Waals surface area contributed by atoms with E-state index in [0.717, 1.165) is 5.56 Å². The fourth-order valence-corrected chi connectivity index (χ4v) is 2.81. The third-order valence-electron chi connectivity index (χ3n) is 4.02. The van der Waals surface area contributed by atoms with E-state index in [9.17, 15) is 9.59 Å². The van der Waals surface area contributed by atoms with Gasteiger partial charge in [0.1, 0.15) is 0 Å². The molecule has 3 aromatic rings. The van der Waals surface area contributed by atoms with E-state index in [0.29, 0.717) is 23.4 Å². The molecule has 1 N–H and O–H groups in total. The number of aromatic nitrogens is 3. The minimum Gasteiger partial charge on any atom is -0.448 e. The van der Waals surface area contributed by atoms with Gasteiger partial charge in [0.15, 0.2) is 6.10 Å². The van der Waals surface area contributed by atoms with E-state index < -0.39 is 12.1 Å². The van der Waals surface area contributed by atoms with Gasteiger partial charge >= 0.3 is 5.97 Å². The zero-order valence-corrected chi connectivity index (χ0v) is 13.1. The Kier molecular flexibility index (Phi) is 3.74. The summed E-state index contributed by atoms with van der Waals surface area (Å²) in [6, 6.07) is 14.4. The predicted molar refractivity (Wildman–Crippen MR) is 89.3 cm³/mol. The molecule has 124 valence electrons. The van der Waals surface area contributed by atoms with Crippen molar-refractivity contribution in [2.45, 2.75) is 12.5 Å². The molecule has 7 heteroatoms. The molecule has 1 amide bonds. The third kappa shape index (κ3) is 2.87. The van der Waals surface area contributed by atoms with Crippen LogP contribution in [0.25, 0.3) is 5.69 Å². The van der Waals surface area contributed by atoms with Gasteiger partial charge in [0.05, 0.1) is 29.3 Å². The highest BCUT2D eigenvalue weighted by Crippen LogP contribution is 2.23. The summed E-state index contributed by atoms with van der Waals surface area (Å²) >= 11 is 0. The zero-order valence-electron chi connectivity index (χ0n) is 13.1. The number of hydrogen-bond donors (Lipinski definition) is 1. The molecule has 0 saturated carbocycles. The van der Waals surface area contributed by atoms with Gasteiger partial charge in [-0.2, -0.15) is 0 Å². The van der Waals surface area contributed by atoms with Crippen molar-refractivity contribution in [3.8, 4) is 5.69 Å². The molecule has 0 aliphatic carbocycles. The lowest BCUT2D eigenvalue weighted by Gasteiger charge is -2.24. The molecule has 1 aromatic heterocycles. The largest absolute Gasteiger partial charge is 0.448 e. The number of anilines is 1. The van der Waals surface area contributed by atoms with Crippen LogP contribution in [-0.2, 0) is 16.0 Å². The number of benzene rings is 2. The van der Waals surface area contributed by atoms with Gasteiger partial charge in [-0.3, -0.25) is 4.79 Å². The summed E-state index contributed by atoms with van der Waals surface area (Å²) in [6.45, 7) is 0. The molecular weight excluding hydrogens is 320 g/mol. The molecule has 1 aliphatic rings. The zero-order chi connectivity index (χ0) is 17.2. The Hall–Kier alpha value is -3.48. The van der Waals surface area contributed by atoms with Crippen LogP contribution in [0.15, 0.2) is 60.9 Å². The number of carbonyl (C=O) groups is 2. The second-order valence-electron chi connectivity index (χ2n) is 5.61. The van der Waals surface area contributed by atoms with Gasteiger partial charge in [-0.15, -0.1) is 5.10 Å². The van der Waals surface area contributed by atoms with Crippen molar-refractivity contribution in [1.82, 2.24) is 15.0 Å². The van der Waals surface area contributed by atoms with E-state index in [-0.39, 0.29) is 5.91 Å². The van der Waals surface area contributed by atoms with Crippen LogP contribution in [0, 0.1) is 0 Å². The SMILES string of the molecule is O=C1O[C@H](C(=O)Nc2ccccc2-n2ccnn2)Cc2ccccc21. The molecule has 0 saturated heterocycles. The van der Waals surface area contributed by atoms with Gasteiger partial charge in [0.2, 0.25) is 0 Å². The topological polar surface area (TPSA) is 86.1 Å². The first-order valence-corrected chi connectivity index (χ1v) is 7.78. The summed E-state index contributed by atoms with van der Waals surface area (Å²) in [6.07, 6.45) is 2.71. The van der Waals surface area contributed by atoms with Crippen molar-refractivity contribution in [2.75, 3.05) is 5.32 Å². The molecule has 0 fully saturated rings. The molecule has 1 aliphatic heterocycles. The van der Waals surface area contributed by atoms with Crippen LogP contribution < -0.4 is 5.32 Å². The number of carbonyl (C=O) groups excluding carboxylic acids is 2. The first kappa shape index (κ1) is 15.1. The molecular formula is C18H14N4O3. The van der Waals surface area contributed by atoms with E-state index in [1.165, 1.54) is 0 Å². The fourth-order valence-electron chi connectivity index (χ4n) is 2.81. The second-order valence-corrected chi connectivity index (χ2v) is 5.61. The summed E-state index contributed by atoms with van der Waals surface area (Å²) in [7, 11) is 0. The van der Waals surface area contributed by atoms with Crippen molar-refractivity contribution in [3.05, 3.63) is 72.1 Å². The fraction of sp³-hybridized carbons (Fsp3) is 0.111. The number of esters is 1. The van der Waals surface area contributed by atoms with E-state index in [4.69, 9.17) is 4.74 Å². The monoisotopic (exact) mass is 334 g/mol. The molecule has 0 bridgehead atoms. The number of para-hydroxylation sites is 2. The minimum atomic E-state index is -0.869. The smallest absolute Gasteiger partial charge is 0.339 e. The Labute approximate surface area is 143 Å². The normalized spacial score (nSPS) is 16.0. The number of cyclic esters (lactones) is 1. The maximum absolute atomic E-state index is 12.6. The summed E-state index contributed by atoms with van der Waals surface area (Å²) in [4.78, 5) is 24.7. The van der Waals surface area contributed by atoms with Crippen molar-refractivity contribution < 1.29 is 14.3 Å². The maximum atomic E-state index is 12.6. The van der Waals surface area contributed by atoms with Crippen LogP contribution in [0.5, 0.6) is 0 Å². The molecule has 7 nitrogen and oxygen atoms in total. The van der Waals surface area contributed by atoms with Gasteiger partial charge in [-0.1, -0.05) is 35.5 Å². The highest BCUT2D eigenvalue weighted by Gasteiger charge is 2.31. The molecule has 0 spiro atoms. The van der Waals surface area contributed by atoms with E-state index in [1.54, 1.807) is 41.3 Å². The van der Waals surface area contributed by atoms with Gasteiger partial charge in [-0.25, -0.2) is 9.48 Å². The van der Waals surface area contributed by atoms with Crippen molar-refractivity contribution in [1.29, 1.82) is 0 Å². The predicted octanol–water partition coefficient (Wildman–Crippen LogP) is 1.99. The first-order valence-electron chi connectivity index (χ1n) is 7.78. The van der Waals surface area contributed by atoms with Crippen LogP contribution in [0.3, 0.4) is 0 Å². The summed E-state index contributed by atoms with van der Waals surface area (Å²) < 4.78 is 6.84. The van der Waals surface area contributed by atoms with Crippen LogP contribution in [0.1, 0.15) is 15.9 Å². The molecule has 2 heterocycles. The number of ether oxygens (including phenoxy) is 1. The number of nitrogens with one attached hydrogen (secondary N) is 1. The lowest BCUT2D eigenvalue weighted by atomic mass is 9.98. The molecule has 25 heavy (non-hydrogen) atoms. The highest BCUT2D eigenvalue weighted by molar-refractivity contribution is 6.00. The second kappa shape index (κ2) is 6.20. The maximum Gasteiger partial charge on any atom is 0.339 e. The molecule has 4 rings (SSSR count). The van der Waals surface area contributed by atoms with Gasteiger partial charge in [0, 0.05) is 6.42 Å². The molecule has 0 radical (unpaired) electrons. The summed E-state index contributed by atoms with van der Waals surface area (Å²) in [5.74, 6) is -0.859. The Bertz CT molecular complexity index is 937. The molecule has 1 atom stereocenters. The van der Waals surface area contributed by atoms with Crippen molar-refractivity contribution in [3.63, 3.8) is 0 Å². The minimum absolute atomic E-state index is 0.346. The Morgan fingerprint density at radius 1 is 1.16 bits per heavy atom. The van der Waals surface area contributed by atoms with Crippen LogP contribution in [0.2, 0.25) is 0 Å². The Morgan fingerprint density at radius 3 is 2.80 bits per heavy atom. The van der Waals surface area contributed by atoms with Gasteiger partial charge in [-0.05, 0) is 23.8 Å². The Morgan fingerprint density at radius 2 is 1.96 bits per heavy atom. The van der Waals surface area contributed by atoms with Crippen LogP contribution in [-0.4, -0.2) is 33.0 Å².